The molecule has 0 spiro atoms. The zero-order valence-corrected chi connectivity index (χ0v) is 14.9. The number of piperidine rings is 1. The van der Waals surface area contributed by atoms with Gasteiger partial charge < -0.3 is 10.2 Å². The first-order valence-electron chi connectivity index (χ1n) is 9.06. The lowest BCUT2D eigenvalue weighted by Crippen LogP contribution is -2.36. The Labute approximate surface area is 137 Å². The number of nitrogens with zero attached hydrogens (tertiary/aromatic N) is 1. The maximum Gasteiger partial charge on any atom is 0.0207 e. The topological polar surface area (TPSA) is 15.3 Å². The van der Waals surface area contributed by atoms with E-state index in [1.807, 2.05) is 0 Å². The summed E-state index contributed by atoms with van der Waals surface area (Å²) in [6.45, 7) is 13.9. The molecule has 2 nitrogen and oxygen atoms in total. The fourth-order valence-corrected chi connectivity index (χ4v) is 3.34. The summed E-state index contributed by atoms with van der Waals surface area (Å²) < 4.78 is 0. The maximum atomic E-state index is 3.48. The molecular formula is C20H34N2. The van der Waals surface area contributed by atoms with E-state index in [9.17, 15) is 0 Å². The van der Waals surface area contributed by atoms with Crippen molar-refractivity contribution < 1.29 is 0 Å². The number of rotatable bonds is 7. The van der Waals surface area contributed by atoms with Gasteiger partial charge in [-0.2, -0.15) is 0 Å². The van der Waals surface area contributed by atoms with E-state index < -0.39 is 0 Å². The molecular weight excluding hydrogens is 268 g/mol. The van der Waals surface area contributed by atoms with Crippen LogP contribution in [0, 0.1) is 11.8 Å². The predicted octanol–water partition coefficient (Wildman–Crippen LogP) is 4.10. The fourth-order valence-electron chi connectivity index (χ4n) is 3.34. The molecule has 0 atom stereocenters. The minimum absolute atomic E-state index is 0.552. The van der Waals surface area contributed by atoms with E-state index in [-0.39, 0.29) is 0 Å². The normalized spacial score (nSPS) is 17.5. The SMILES string of the molecule is CC(C)CN1CCC(Cc2ccc(CNC(C)C)cc2)CC1. The standard InChI is InChI=1S/C20H34N2/c1-16(2)15-22-11-9-19(10-12-22)13-18-5-7-20(8-6-18)14-21-17(3)4/h5-8,16-17,19,21H,9-15H2,1-4H3. The van der Waals surface area contributed by atoms with E-state index in [2.05, 4.69) is 62.2 Å². The van der Waals surface area contributed by atoms with Gasteiger partial charge in [-0.25, -0.2) is 0 Å². The summed E-state index contributed by atoms with van der Waals surface area (Å²) in [5.41, 5.74) is 2.90. The van der Waals surface area contributed by atoms with Gasteiger partial charge in [-0.05, 0) is 55.3 Å². The van der Waals surface area contributed by atoms with Gasteiger partial charge >= 0.3 is 0 Å². The van der Waals surface area contributed by atoms with Crippen LogP contribution >= 0.6 is 0 Å². The van der Waals surface area contributed by atoms with Crippen molar-refractivity contribution in [3.05, 3.63) is 35.4 Å². The molecule has 2 heteroatoms. The first kappa shape index (κ1) is 17.5. The lowest BCUT2D eigenvalue weighted by molar-refractivity contribution is 0.167. The summed E-state index contributed by atoms with van der Waals surface area (Å²) in [4.78, 5) is 2.64. The zero-order valence-electron chi connectivity index (χ0n) is 14.9. The van der Waals surface area contributed by atoms with E-state index in [0.29, 0.717) is 6.04 Å². The van der Waals surface area contributed by atoms with Crippen LogP contribution in [0.15, 0.2) is 24.3 Å². The molecule has 1 heterocycles. The number of nitrogens with one attached hydrogen (secondary N) is 1. The minimum atomic E-state index is 0.552. The number of hydrogen-bond acceptors (Lipinski definition) is 2. The lowest BCUT2D eigenvalue weighted by Gasteiger charge is -2.33. The van der Waals surface area contributed by atoms with Crippen molar-refractivity contribution in [1.29, 1.82) is 0 Å². The van der Waals surface area contributed by atoms with Crippen LogP contribution in [0.1, 0.15) is 51.7 Å². The second-order valence-corrected chi connectivity index (χ2v) is 7.69. The van der Waals surface area contributed by atoms with Gasteiger partial charge in [0.1, 0.15) is 0 Å². The molecule has 2 rings (SSSR count). The molecule has 1 aliphatic rings. The monoisotopic (exact) mass is 302 g/mol. The lowest BCUT2D eigenvalue weighted by atomic mass is 9.89. The van der Waals surface area contributed by atoms with Crippen LogP contribution in [0.2, 0.25) is 0 Å². The van der Waals surface area contributed by atoms with Gasteiger partial charge in [0.2, 0.25) is 0 Å². The van der Waals surface area contributed by atoms with Gasteiger partial charge in [-0.15, -0.1) is 0 Å². The number of likely N-dealkylation sites (tertiary alicyclic amines) is 1. The molecule has 0 saturated carbocycles. The average molecular weight is 303 g/mol. The molecule has 0 unspecified atom stereocenters. The molecule has 1 N–H and O–H groups in total. The highest BCUT2D eigenvalue weighted by Gasteiger charge is 2.19. The van der Waals surface area contributed by atoms with Gasteiger partial charge in [-0.1, -0.05) is 52.0 Å². The van der Waals surface area contributed by atoms with Gasteiger partial charge in [0.05, 0.1) is 0 Å². The van der Waals surface area contributed by atoms with Gasteiger partial charge in [-0.3, -0.25) is 0 Å². The Hall–Kier alpha value is -0.860. The summed E-state index contributed by atoms with van der Waals surface area (Å²) in [6, 6.07) is 9.79. The number of benzene rings is 1. The van der Waals surface area contributed by atoms with E-state index in [4.69, 9.17) is 0 Å². The summed E-state index contributed by atoms with van der Waals surface area (Å²) in [5, 5.41) is 3.48. The van der Waals surface area contributed by atoms with Crippen molar-refractivity contribution in [2.45, 2.75) is 59.5 Å². The van der Waals surface area contributed by atoms with Crippen LogP contribution in [0.5, 0.6) is 0 Å². The second kappa shape index (κ2) is 8.69. The first-order valence-corrected chi connectivity index (χ1v) is 9.06. The highest BCUT2D eigenvalue weighted by Crippen LogP contribution is 2.22. The molecule has 1 aromatic carbocycles. The van der Waals surface area contributed by atoms with E-state index >= 15 is 0 Å². The average Bonchev–Trinajstić information content (AvgIpc) is 2.48. The van der Waals surface area contributed by atoms with E-state index in [1.54, 1.807) is 0 Å². The first-order chi connectivity index (χ1) is 10.5. The molecule has 0 radical (unpaired) electrons. The van der Waals surface area contributed by atoms with Crippen LogP contribution < -0.4 is 5.32 Å². The van der Waals surface area contributed by atoms with Crippen LogP contribution in [-0.4, -0.2) is 30.6 Å². The van der Waals surface area contributed by atoms with Gasteiger partial charge in [0.15, 0.2) is 0 Å². The third-order valence-corrected chi connectivity index (χ3v) is 4.59. The molecule has 22 heavy (non-hydrogen) atoms. The maximum absolute atomic E-state index is 3.48. The Morgan fingerprint density at radius 3 is 2.14 bits per heavy atom. The Morgan fingerprint density at radius 1 is 1.00 bits per heavy atom. The molecule has 0 bridgehead atoms. The van der Waals surface area contributed by atoms with Crippen LogP contribution in [0.25, 0.3) is 0 Å². The van der Waals surface area contributed by atoms with Crippen LogP contribution in [0.4, 0.5) is 0 Å². The van der Waals surface area contributed by atoms with Crippen LogP contribution in [0.3, 0.4) is 0 Å². The molecule has 1 aromatic rings. The zero-order chi connectivity index (χ0) is 15.9. The molecule has 1 fully saturated rings. The molecule has 0 aromatic heterocycles. The third kappa shape index (κ3) is 6.10. The summed E-state index contributed by atoms with van der Waals surface area (Å²) >= 11 is 0. The smallest absolute Gasteiger partial charge is 0.0207 e. The molecule has 1 aliphatic heterocycles. The Balaban J connectivity index is 1.75. The van der Waals surface area contributed by atoms with Gasteiger partial charge in [0.25, 0.3) is 0 Å². The number of hydrogen-bond donors (Lipinski definition) is 1. The summed E-state index contributed by atoms with van der Waals surface area (Å²) in [5.74, 6) is 1.67. The highest BCUT2D eigenvalue weighted by molar-refractivity contribution is 5.23. The van der Waals surface area contributed by atoms with Crippen molar-refractivity contribution >= 4 is 0 Å². The molecule has 0 amide bonds. The fraction of sp³-hybridized carbons (Fsp3) is 0.700. The largest absolute Gasteiger partial charge is 0.310 e. The summed E-state index contributed by atoms with van der Waals surface area (Å²) in [7, 11) is 0. The minimum Gasteiger partial charge on any atom is -0.310 e. The quantitative estimate of drug-likeness (QED) is 0.816. The molecule has 0 aliphatic carbocycles. The Morgan fingerprint density at radius 2 is 1.59 bits per heavy atom. The molecule has 124 valence electrons. The van der Waals surface area contributed by atoms with Gasteiger partial charge in [0, 0.05) is 19.1 Å². The van der Waals surface area contributed by atoms with Crippen molar-refractivity contribution in [3.8, 4) is 0 Å². The van der Waals surface area contributed by atoms with Crippen molar-refractivity contribution in [2.24, 2.45) is 11.8 Å². The van der Waals surface area contributed by atoms with Crippen molar-refractivity contribution in [3.63, 3.8) is 0 Å². The second-order valence-electron chi connectivity index (χ2n) is 7.69. The van der Waals surface area contributed by atoms with E-state index in [1.165, 1.54) is 50.0 Å². The van der Waals surface area contributed by atoms with E-state index in [0.717, 1.165) is 18.4 Å². The summed E-state index contributed by atoms with van der Waals surface area (Å²) in [6.07, 6.45) is 3.99. The Bertz CT molecular complexity index is 414. The third-order valence-electron chi connectivity index (χ3n) is 4.59. The van der Waals surface area contributed by atoms with Crippen molar-refractivity contribution in [1.82, 2.24) is 10.2 Å². The Kier molecular flexibility index (Phi) is 6.91. The van der Waals surface area contributed by atoms with Crippen molar-refractivity contribution in [2.75, 3.05) is 19.6 Å². The molecule has 1 saturated heterocycles. The predicted molar refractivity (Wildman–Crippen MR) is 96.1 cm³/mol. The highest BCUT2D eigenvalue weighted by atomic mass is 15.1. The van der Waals surface area contributed by atoms with Crippen LogP contribution in [-0.2, 0) is 13.0 Å².